The van der Waals surface area contributed by atoms with E-state index in [2.05, 4.69) is 26.1 Å². The predicted octanol–water partition coefficient (Wildman–Crippen LogP) is 4.30. The minimum Gasteiger partial charge on any atom is -0.831 e. The third-order valence-corrected chi connectivity index (χ3v) is 9.41. The molecule has 2 unspecified atom stereocenters. The Labute approximate surface area is 221 Å². The van der Waals surface area contributed by atoms with Gasteiger partial charge in [-0.1, -0.05) is 50.6 Å². The SMILES string of the molecule is CC1CC[C@@H]2C(CO1)[C@H]([C@@H](C)[C@H]([O-])OC1CCC(C(=O)N[C@H](C(=O)O)c3ccccc3)CC1)CC[C@H]2C. The number of aliphatic carboxylic acids is 1. The summed E-state index contributed by atoms with van der Waals surface area (Å²) in [6.45, 7) is 7.31. The fraction of sp³-hybridized carbons (Fsp3) is 0.733. The summed E-state index contributed by atoms with van der Waals surface area (Å²) in [6, 6.07) is 7.68. The summed E-state index contributed by atoms with van der Waals surface area (Å²) < 4.78 is 12.2. The Morgan fingerprint density at radius 2 is 1.70 bits per heavy atom. The van der Waals surface area contributed by atoms with Crippen LogP contribution in [-0.4, -0.2) is 42.1 Å². The van der Waals surface area contributed by atoms with Gasteiger partial charge in [0.1, 0.15) is 0 Å². The summed E-state index contributed by atoms with van der Waals surface area (Å²) in [6.07, 6.45) is 6.03. The first kappa shape index (κ1) is 28.1. The van der Waals surface area contributed by atoms with Crippen LogP contribution in [0.25, 0.3) is 0 Å². The number of carboxylic acid groups (broad SMARTS) is 1. The van der Waals surface area contributed by atoms with Gasteiger partial charge in [-0.3, -0.25) is 4.79 Å². The Bertz CT molecular complexity index is 885. The third kappa shape index (κ3) is 6.92. The van der Waals surface area contributed by atoms with Gasteiger partial charge in [0.2, 0.25) is 5.91 Å². The molecule has 1 amide bonds. The molecule has 3 aliphatic rings. The molecule has 4 rings (SSSR count). The van der Waals surface area contributed by atoms with Crippen LogP contribution in [0.15, 0.2) is 30.3 Å². The van der Waals surface area contributed by atoms with Crippen LogP contribution >= 0.6 is 0 Å². The summed E-state index contributed by atoms with van der Waals surface area (Å²) in [4.78, 5) is 24.6. The normalized spacial score (nSPS) is 34.9. The molecule has 1 heterocycles. The number of ether oxygens (including phenoxy) is 2. The molecule has 1 aromatic carbocycles. The van der Waals surface area contributed by atoms with Crippen LogP contribution in [0, 0.1) is 35.5 Å². The molecule has 2 saturated carbocycles. The maximum Gasteiger partial charge on any atom is 0.330 e. The number of carboxylic acids is 1. The topological polar surface area (TPSA) is 108 Å². The van der Waals surface area contributed by atoms with E-state index >= 15 is 0 Å². The molecule has 2 aliphatic carbocycles. The van der Waals surface area contributed by atoms with Crippen LogP contribution in [0.5, 0.6) is 0 Å². The van der Waals surface area contributed by atoms with Crippen molar-refractivity contribution in [3.05, 3.63) is 35.9 Å². The fourth-order valence-corrected chi connectivity index (χ4v) is 6.98. The highest BCUT2D eigenvalue weighted by molar-refractivity contribution is 5.85. The van der Waals surface area contributed by atoms with Crippen molar-refractivity contribution in [2.24, 2.45) is 35.5 Å². The van der Waals surface area contributed by atoms with Crippen molar-refractivity contribution < 1.29 is 29.3 Å². The lowest BCUT2D eigenvalue weighted by molar-refractivity contribution is -0.514. The van der Waals surface area contributed by atoms with E-state index in [1.54, 1.807) is 24.3 Å². The van der Waals surface area contributed by atoms with E-state index in [0.717, 1.165) is 25.9 Å². The maximum absolute atomic E-state index is 13.3. The second-order valence-electron chi connectivity index (χ2n) is 11.8. The van der Waals surface area contributed by atoms with Crippen molar-refractivity contribution in [1.82, 2.24) is 5.32 Å². The molecule has 1 aliphatic heterocycles. The predicted molar refractivity (Wildman–Crippen MR) is 138 cm³/mol. The van der Waals surface area contributed by atoms with Gasteiger partial charge in [0.05, 0.1) is 18.8 Å². The highest BCUT2D eigenvalue weighted by atomic mass is 16.6. The molecular weight excluding hydrogens is 470 g/mol. The van der Waals surface area contributed by atoms with Crippen molar-refractivity contribution in [3.63, 3.8) is 0 Å². The zero-order valence-corrected chi connectivity index (χ0v) is 22.5. The monoisotopic (exact) mass is 514 g/mol. The minimum absolute atomic E-state index is 0.0831. The van der Waals surface area contributed by atoms with Gasteiger partial charge in [0, 0.05) is 5.92 Å². The molecule has 3 fully saturated rings. The fourth-order valence-electron chi connectivity index (χ4n) is 6.98. The van der Waals surface area contributed by atoms with Gasteiger partial charge in [-0.25, -0.2) is 4.79 Å². The molecular formula is C30H44NO6-. The average Bonchev–Trinajstić information content (AvgIpc) is 3.10. The van der Waals surface area contributed by atoms with Gasteiger partial charge in [-0.05, 0) is 93.3 Å². The van der Waals surface area contributed by atoms with Crippen LogP contribution in [0.3, 0.4) is 0 Å². The smallest absolute Gasteiger partial charge is 0.330 e. The van der Waals surface area contributed by atoms with Crippen molar-refractivity contribution in [2.45, 2.75) is 96.7 Å². The molecule has 1 saturated heterocycles. The number of fused-ring (bicyclic) bond motifs is 1. The second-order valence-corrected chi connectivity index (χ2v) is 11.8. The number of carbonyl (C=O) groups is 2. The Morgan fingerprint density at radius 1 is 1.00 bits per heavy atom. The Balaban J connectivity index is 1.27. The molecule has 8 atom stereocenters. The van der Waals surface area contributed by atoms with E-state index < -0.39 is 18.3 Å². The zero-order valence-electron chi connectivity index (χ0n) is 22.5. The van der Waals surface area contributed by atoms with Gasteiger partial charge in [0.15, 0.2) is 6.04 Å². The number of hydrogen-bond donors (Lipinski definition) is 2. The van der Waals surface area contributed by atoms with Crippen LogP contribution in [-0.2, 0) is 19.1 Å². The van der Waals surface area contributed by atoms with Gasteiger partial charge in [0.25, 0.3) is 0 Å². The van der Waals surface area contributed by atoms with Crippen molar-refractivity contribution in [3.8, 4) is 0 Å². The first-order valence-corrected chi connectivity index (χ1v) is 14.3. The molecule has 0 spiro atoms. The van der Waals surface area contributed by atoms with Crippen molar-refractivity contribution in [2.75, 3.05) is 6.61 Å². The molecule has 2 N–H and O–H groups in total. The largest absolute Gasteiger partial charge is 0.831 e. The summed E-state index contributed by atoms with van der Waals surface area (Å²) in [7, 11) is 0. The molecule has 1 aromatic rings. The van der Waals surface area contributed by atoms with Gasteiger partial charge in [-0.15, -0.1) is 0 Å². The van der Waals surface area contributed by atoms with Crippen LogP contribution in [0.2, 0.25) is 0 Å². The van der Waals surface area contributed by atoms with E-state index in [9.17, 15) is 19.8 Å². The highest BCUT2D eigenvalue weighted by Gasteiger charge is 2.42. The standard InChI is InChI=1S/C30H44NO6/c1-18-9-15-25(26-17-36-19(2)10-16-24(18)26)20(3)30(35)37-23-13-11-22(12-14-23)28(32)31-27(29(33)34)21-7-5-4-6-8-21/h4-8,18-20,22-27,30H,9-17H2,1-3H3,(H,31,32)(H,33,34)/q-1/t18-,19?,20-,22?,23?,24+,25+,26?,27+,30-/m1/s1. The quantitative estimate of drug-likeness (QED) is 0.501. The van der Waals surface area contributed by atoms with E-state index in [-0.39, 0.29) is 23.8 Å². The van der Waals surface area contributed by atoms with Crippen LogP contribution in [0.1, 0.15) is 83.7 Å². The Kier molecular flexibility index (Phi) is 9.65. The van der Waals surface area contributed by atoms with Crippen LogP contribution < -0.4 is 10.4 Å². The minimum atomic E-state index is -1.08. The number of amides is 1. The zero-order chi connectivity index (χ0) is 26.5. The molecule has 206 valence electrons. The Morgan fingerprint density at radius 3 is 2.38 bits per heavy atom. The van der Waals surface area contributed by atoms with Gasteiger partial charge >= 0.3 is 5.97 Å². The molecule has 7 nitrogen and oxygen atoms in total. The van der Waals surface area contributed by atoms with E-state index in [4.69, 9.17) is 9.47 Å². The lowest BCUT2D eigenvalue weighted by atomic mass is 9.62. The number of benzene rings is 1. The summed E-state index contributed by atoms with van der Waals surface area (Å²) in [5.41, 5.74) is 0.552. The molecule has 0 radical (unpaired) electrons. The molecule has 7 heteroatoms. The first-order chi connectivity index (χ1) is 17.7. The lowest BCUT2D eigenvalue weighted by Gasteiger charge is -2.47. The number of rotatable bonds is 8. The summed E-state index contributed by atoms with van der Waals surface area (Å²) >= 11 is 0. The summed E-state index contributed by atoms with van der Waals surface area (Å²) in [5, 5.41) is 25.6. The summed E-state index contributed by atoms with van der Waals surface area (Å²) in [5.74, 6) is 0.380. The number of nitrogens with one attached hydrogen (secondary N) is 1. The first-order valence-electron chi connectivity index (χ1n) is 14.3. The maximum atomic E-state index is 13.3. The van der Waals surface area contributed by atoms with Crippen molar-refractivity contribution >= 4 is 11.9 Å². The highest BCUT2D eigenvalue weighted by Crippen LogP contribution is 2.46. The average molecular weight is 515 g/mol. The Hall–Kier alpha value is -1.96. The van der Waals surface area contributed by atoms with Gasteiger partial charge in [-0.2, -0.15) is 0 Å². The molecule has 0 bridgehead atoms. The van der Waals surface area contributed by atoms with E-state index in [1.807, 2.05) is 6.07 Å². The van der Waals surface area contributed by atoms with Gasteiger partial charge < -0.3 is 25.0 Å². The van der Waals surface area contributed by atoms with Crippen LogP contribution in [0.4, 0.5) is 0 Å². The van der Waals surface area contributed by atoms with E-state index in [0.29, 0.717) is 61.0 Å². The number of carbonyl (C=O) groups excluding carboxylic acids is 1. The van der Waals surface area contributed by atoms with E-state index in [1.165, 1.54) is 6.42 Å². The molecule has 0 aromatic heterocycles. The lowest BCUT2D eigenvalue weighted by Crippen LogP contribution is -2.48. The second kappa shape index (κ2) is 12.7. The molecule has 37 heavy (non-hydrogen) atoms. The number of hydrogen-bond acceptors (Lipinski definition) is 5. The third-order valence-electron chi connectivity index (χ3n) is 9.41. The van der Waals surface area contributed by atoms with Crippen molar-refractivity contribution in [1.29, 1.82) is 0 Å².